The zero-order chi connectivity index (χ0) is 20.7. The average molecular weight is 396 g/mol. The molecule has 0 radical (unpaired) electrons. The Morgan fingerprint density at radius 2 is 1.69 bits per heavy atom. The molecule has 0 aliphatic carbocycles. The molecule has 0 saturated carbocycles. The predicted molar refractivity (Wildman–Crippen MR) is 112 cm³/mol. The van der Waals surface area contributed by atoms with E-state index in [0.717, 1.165) is 16.7 Å². The predicted octanol–water partition coefficient (Wildman–Crippen LogP) is 2.68. The fraction of sp³-hybridized carbons (Fsp3) is 0.435. The monoisotopic (exact) mass is 395 g/mol. The highest BCUT2D eigenvalue weighted by molar-refractivity contribution is 5.84. The molecule has 1 aromatic carbocycles. The molecule has 1 aromatic heterocycles. The van der Waals surface area contributed by atoms with Crippen molar-refractivity contribution in [2.45, 2.75) is 26.2 Å². The van der Waals surface area contributed by atoms with Crippen molar-refractivity contribution in [1.82, 2.24) is 15.2 Å². The van der Waals surface area contributed by atoms with Gasteiger partial charge in [-0.15, -0.1) is 0 Å². The Kier molecular flexibility index (Phi) is 6.99. The summed E-state index contributed by atoms with van der Waals surface area (Å²) in [5, 5.41) is 3.01. The van der Waals surface area contributed by atoms with Crippen molar-refractivity contribution in [3.05, 3.63) is 54.4 Å². The number of rotatable bonds is 7. The molecule has 2 amide bonds. The Morgan fingerprint density at radius 1 is 1.07 bits per heavy atom. The number of nitrogens with zero attached hydrogens (tertiary/aromatic N) is 2. The van der Waals surface area contributed by atoms with Crippen LogP contribution in [-0.2, 0) is 20.7 Å². The van der Waals surface area contributed by atoms with Crippen LogP contribution in [-0.4, -0.2) is 55.0 Å². The van der Waals surface area contributed by atoms with Crippen molar-refractivity contribution in [3.8, 4) is 11.1 Å². The lowest BCUT2D eigenvalue weighted by atomic mass is 9.72. The molecule has 1 aliphatic rings. The van der Waals surface area contributed by atoms with Gasteiger partial charge in [-0.2, -0.15) is 0 Å². The summed E-state index contributed by atoms with van der Waals surface area (Å²) < 4.78 is 4.96. The van der Waals surface area contributed by atoms with Gasteiger partial charge in [-0.25, -0.2) is 0 Å². The zero-order valence-corrected chi connectivity index (χ0v) is 17.2. The molecule has 1 fully saturated rings. The van der Waals surface area contributed by atoms with Crippen molar-refractivity contribution >= 4 is 11.8 Å². The number of hydrogen-bond donors (Lipinski definition) is 1. The lowest BCUT2D eigenvalue weighted by Gasteiger charge is -2.40. The van der Waals surface area contributed by atoms with E-state index in [4.69, 9.17) is 4.74 Å². The van der Waals surface area contributed by atoms with E-state index in [1.165, 1.54) is 7.11 Å². The third kappa shape index (κ3) is 5.01. The average Bonchev–Trinajstić information content (AvgIpc) is 2.76. The van der Waals surface area contributed by atoms with Gasteiger partial charge in [-0.1, -0.05) is 24.3 Å². The van der Waals surface area contributed by atoms with Gasteiger partial charge in [0.25, 0.3) is 0 Å². The lowest BCUT2D eigenvalue weighted by Crippen LogP contribution is -2.51. The van der Waals surface area contributed by atoms with Gasteiger partial charge in [0.05, 0.1) is 5.41 Å². The third-order valence-corrected chi connectivity index (χ3v) is 5.67. The fourth-order valence-electron chi connectivity index (χ4n) is 3.98. The number of nitrogens with one attached hydrogen (secondary N) is 1. The minimum Gasteiger partial charge on any atom is -0.375 e. The number of benzene rings is 1. The van der Waals surface area contributed by atoms with Crippen LogP contribution in [0, 0.1) is 5.41 Å². The van der Waals surface area contributed by atoms with E-state index in [-0.39, 0.29) is 18.4 Å². The minimum atomic E-state index is -0.488. The number of methoxy groups -OCH3 is 1. The van der Waals surface area contributed by atoms with Gasteiger partial charge in [-0.3, -0.25) is 14.6 Å². The maximum Gasteiger partial charge on any atom is 0.248 e. The van der Waals surface area contributed by atoms with Crippen LogP contribution < -0.4 is 5.32 Å². The first-order valence-electron chi connectivity index (χ1n) is 10.1. The Hall–Kier alpha value is -2.73. The second-order valence-corrected chi connectivity index (χ2v) is 7.56. The molecular formula is C23H29N3O3. The van der Waals surface area contributed by atoms with Gasteiger partial charge in [0, 0.05) is 39.1 Å². The Bertz CT molecular complexity index is 813. The first-order valence-corrected chi connectivity index (χ1v) is 10.1. The van der Waals surface area contributed by atoms with Crippen LogP contribution >= 0.6 is 0 Å². The normalized spacial score (nSPS) is 15.7. The van der Waals surface area contributed by atoms with Crippen LogP contribution in [0.5, 0.6) is 0 Å². The molecule has 0 unspecified atom stereocenters. The number of carbonyl (C=O) groups is 2. The van der Waals surface area contributed by atoms with Gasteiger partial charge in [-0.05, 0) is 55.0 Å². The van der Waals surface area contributed by atoms with Gasteiger partial charge >= 0.3 is 0 Å². The standard InChI is InChI=1S/C23H29N3O3/c1-3-25-22(28)23(10-14-26(15-11-23)21(27)17-29-2)16-18-4-6-19(7-5-18)20-8-12-24-13-9-20/h4-9,12-13H,3,10-11,14-17H2,1-2H3,(H,25,28). The van der Waals surface area contributed by atoms with Crippen LogP contribution in [0.25, 0.3) is 11.1 Å². The Labute approximate surface area is 172 Å². The van der Waals surface area contributed by atoms with Crippen molar-refractivity contribution in [1.29, 1.82) is 0 Å². The van der Waals surface area contributed by atoms with E-state index in [2.05, 4.69) is 34.6 Å². The van der Waals surface area contributed by atoms with Crippen molar-refractivity contribution < 1.29 is 14.3 Å². The number of ether oxygens (including phenoxy) is 1. The van der Waals surface area contributed by atoms with E-state index in [1.54, 1.807) is 17.3 Å². The third-order valence-electron chi connectivity index (χ3n) is 5.67. The van der Waals surface area contributed by atoms with Crippen LogP contribution in [0.3, 0.4) is 0 Å². The molecule has 6 nitrogen and oxygen atoms in total. The number of pyridine rings is 1. The SMILES string of the molecule is CCNC(=O)C1(Cc2ccc(-c3ccncc3)cc2)CCN(C(=O)COC)CC1. The molecule has 1 aliphatic heterocycles. The molecule has 6 heteroatoms. The first-order chi connectivity index (χ1) is 14.1. The summed E-state index contributed by atoms with van der Waals surface area (Å²) in [6, 6.07) is 12.3. The number of carbonyl (C=O) groups excluding carboxylic acids is 2. The van der Waals surface area contributed by atoms with Gasteiger partial charge in [0.2, 0.25) is 11.8 Å². The molecule has 0 spiro atoms. The number of amides is 2. The summed E-state index contributed by atoms with van der Waals surface area (Å²) in [5.41, 5.74) is 2.89. The second kappa shape index (κ2) is 9.65. The second-order valence-electron chi connectivity index (χ2n) is 7.56. The minimum absolute atomic E-state index is 0.0151. The Morgan fingerprint density at radius 3 is 2.28 bits per heavy atom. The highest BCUT2D eigenvalue weighted by Crippen LogP contribution is 2.36. The highest BCUT2D eigenvalue weighted by atomic mass is 16.5. The molecule has 2 heterocycles. The van der Waals surface area contributed by atoms with E-state index < -0.39 is 5.41 Å². The van der Waals surface area contributed by atoms with Crippen LogP contribution in [0.15, 0.2) is 48.8 Å². The summed E-state index contributed by atoms with van der Waals surface area (Å²) in [6.07, 6.45) is 5.54. The molecule has 154 valence electrons. The highest BCUT2D eigenvalue weighted by Gasteiger charge is 2.42. The molecule has 1 saturated heterocycles. The molecular weight excluding hydrogens is 366 g/mol. The van der Waals surface area contributed by atoms with Gasteiger partial charge < -0.3 is 15.0 Å². The summed E-state index contributed by atoms with van der Waals surface area (Å²) >= 11 is 0. The molecule has 1 N–H and O–H groups in total. The number of aromatic nitrogens is 1. The number of piperidine rings is 1. The largest absolute Gasteiger partial charge is 0.375 e. The zero-order valence-electron chi connectivity index (χ0n) is 17.2. The van der Waals surface area contributed by atoms with E-state index in [1.807, 2.05) is 19.1 Å². The number of likely N-dealkylation sites (tertiary alicyclic amines) is 1. The van der Waals surface area contributed by atoms with Gasteiger partial charge in [0.1, 0.15) is 6.61 Å². The van der Waals surface area contributed by atoms with Crippen molar-refractivity contribution in [2.24, 2.45) is 5.41 Å². The smallest absolute Gasteiger partial charge is 0.248 e. The first kappa shape index (κ1) is 21.0. The Balaban J connectivity index is 1.75. The van der Waals surface area contributed by atoms with E-state index >= 15 is 0 Å². The molecule has 0 bridgehead atoms. The molecule has 2 aromatic rings. The van der Waals surface area contributed by atoms with Crippen LogP contribution in [0.2, 0.25) is 0 Å². The summed E-state index contributed by atoms with van der Waals surface area (Å²) in [7, 11) is 1.52. The quantitative estimate of drug-likeness (QED) is 0.782. The maximum atomic E-state index is 13.0. The fourth-order valence-corrected chi connectivity index (χ4v) is 3.98. The summed E-state index contributed by atoms with van der Waals surface area (Å²) in [6.45, 7) is 3.79. The molecule has 29 heavy (non-hydrogen) atoms. The van der Waals surface area contributed by atoms with Crippen molar-refractivity contribution in [3.63, 3.8) is 0 Å². The van der Waals surface area contributed by atoms with Crippen LogP contribution in [0.4, 0.5) is 0 Å². The van der Waals surface area contributed by atoms with E-state index in [0.29, 0.717) is 38.9 Å². The number of hydrogen-bond acceptors (Lipinski definition) is 4. The topological polar surface area (TPSA) is 71.5 Å². The lowest BCUT2D eigenvalue weighted by molar-refractivity contribution is -0.142. The molecule has 3 rings (SSSR count). The van der Waals surface area contributed by atoms with E-state index in [9.17, 15) is 9.59 Å². The van der Waals surface area contributed by atoms with Gasteiger partial charge in [0.15, 0.2) is 0 Å². The van der Waals surface area contributed by atoms with Crippen LogP contribution in [0.1, 0.15) is 25.3 Å². The molecule has 0 atom stereocenters. The van der Waals surface area contributed by atoms with Crippen molar-refractivity contribution in [2.75, 3.05) is 33.4 Å². The summed E-state index contributed by atoms with van der Waals surface area (Å²) in [4.78, 5) is 31.0. The maximum absolute atomic E-state index is 13.0. The summed E-state index contributed by atoms with van der Waals surface area (Å²) in [5.74, 6) is 0.0655.